The van der Waals surface area contributed by atoms with Crippen molar-refractivity contribution in [1.82, 2.24) is 15.5 Å². The number of carbonyl (C=O) groups is 3. The van der Waals surface area contributed by atoms with Crippen LogP contribution in [0.15, 0.2) is 24.3 Å². The molecule has 0 aliphatic heterocycles. The van der Waals surface area contributed by atoms with Gasteiger partial charge >= 0.3 is 0 Å². The minimum Gasteiger partial charge on any atom is -0.387 e. The molecule has 2 aliphatic rings. The highest BCUT2D eigenvalue weighted by Crippen LogP contribution is 2.29. The van der Waals surface area contributed by atoms with Gasteiger partial charge in [0.15, 0.2) is 0 Å². The first kappa shape index (κ1) is 30.1. The normalized spacial score (nSPS) is 21.3. The lowest BCUT2D eigenvalue weighted by atomic mass is 9.81. The van der Waals surface area contributed by atoms with Crippen LogP contribution in [-0.2, 0) is 20.8 Å². The second-order valence-electron chi connectivity index (χ2n) is 11.4. The van der Waals surface area contributed by atoms with Gasteiger partial charge in [0, 0.05) is 32.1 Å². The van der Waals surface area contributed by atoms with Gasteiger partial charge in [-0.15, -0.1) is 0 Å². The second-order valence-corrected chi connectivity index (χ2v) is 11.4. The van der Waals surface area contributed by atoms with E-state index in [-0.39, 0.29) is 41.7 Å². The van der Waals surface area contributed by atoms with Crippen LogP contribution in [0.4, 0.5) is 0 Å². The number of amides is 3. The number of hydrogen-bond donors (Lipinski definition) is 6. The van der Waals surface area contributed by atoms with E-state index in [1.54, 1.807) is 38.4 Å². The summed E-state index contributed by atoms with van der Waals surface area (Å²) >= 11 is 0. The lowest BCUT2D eigenvalue weighted by Crippen LogP contribution is -2.55. The number of nitrogens with zero attached hydrogens (tertiary/aromatic N) is 1. The Morgan fingerprint density at radius 1 is 0.923 bits per heavy atom. The van der Waals surface area contributed by atoms with Crippen molar-refractivity contribution >= 4 is 29.4 Å². The maximum absolute atomic E-state index is 13.6. The summed E-state index contributed by atoms with van der Waals surface area (Å²) in [7, 11) is 3.24. The fourth-order valence-corrected chi connectivity index (χ4v) is 5.81. The first-order chi connectivity index (χ1) is 18.6. The van der Waals surface area contributed by atoms with Crippen LogP contribution in [-0.4, -0.2) is 61.0 Å². The van der Waals surface area contributed by atoms with Gasteiger partial charge in [-0.2, -0.15) is 0 Å². The lowest BCUT2D eigenvalue weighted by Gasteiger charge is -2.32. The zero-order valence-corrected chi connectivity index (χ0v) is 23.3. The minimum absolute atomic E-state index is 0.0288. The van der Waals surface area contributed by atoms with E-state index in [4.69, 9.17) is 22.3 Å². The van der Waals surface area contributed by atoms with Gasteiger partial charge < -0.3 is 27.0 Å². The van der Waals surface area contributed by atoms with E-state index in [0.29, 0.717) is 18.0 Å². The summed E-state index contributed by atoms with van der Waals surface area (Å²) in [5, 5.41) is 21.3. The molecule has 39 heavy (non-hydrogen) atoms. The smallest absolute Gasteiger partial charge is 0.242 e. The molecule has 1 aromatic rings. The summed E-state index contributed by atoms with van der Waals surface area (Å²) in [6, 6.07) is 6.26. The first-order valence-electron chi connectivity index (χ1n) is 14.1. The van der Waals surface area contributed by atoms with Gasteiger partial charge in [-0.1, -0.05) is 43.5 Å². The monoisotopic (exact) mass is 539 g/mol. The fourth-order valence-electron chi connectivity index (χ4n) is 5.81. The summed E-state index contributed by atoms with van der Waals surface area (Å²) in [5.41, 5.74) is 12.6. The predicted molar refractivity (Wildman–Crippen MR) is 152 cm³/mol. The number of nitrogens with one attached hydrogen (secondary N) is 4. The Bertz CT molecular complexity index is 1030. The molecule has 2 atom stereocenters. The largest absolute Gasteiger partial charge is 0.387 e. The number of amidine groups is 2. The lowest BCUT2D eigenvalue weighted by molar-refractivity contribution is -0.142. The summed E-state index contributed by atoms with van der Waals surface area (Å²) < 4.78 is 0. The quantitative estimate of drug-likeness (QED) is 0.143. The molecule has 10 heteroatoms. The topological polar surface area (TPSA) is 178 Å². The zero-order chi connectivity index (χ0) is 28.5. The fraction of sp³-hybridized carbons (Fsp3) is 0.621. The molecule has 2 saturated carbocycles. The molecule has 3 rings (SSSR count). The Hall–Kier alpha value is -3.43. The van der Waals surface area contributed by atoms with Gasteiger partial charge in [0.2, 0.25) is 17.7 Å². The third kappa shape index (κ3) is 8.53. The van der Waals surface area contributed by atoms with E-state index in [1.807, 2.05) is 0 Å². The Morgan fingerprint density at radius 2 is 1.54 bits per heavy atom. The average Bonchev–Trinajstić information content (AvgIpc) is 2.93. The van der Waals surface area contributed by atoms with Crippen LogP contribution in [0.2, 0.25) is 0 Å². The molecular formula is C29H45N7O3. The molecule has 0 bridgehead atoms. The molecule has 3 amide bonds. The molecule has 2 aliphatic carbocycles. The highest BCUT2D eigenvalue weighted by atomic mass is 16.2. The highest BCUT2D eigenvalue weighted by Gasteiger charge is 2.36. The number of hydrogen-bond acceptors (Lipinski definition) is 5. The molecule has 8 N–H and O–H groups in total. The summed E-state index contributed by atoms with van der Waals surface area (Å²) in [6.45, 7) is 0.533. The number of rotatable bonds is 11. The van der Waals surface area contributed by atoms with Gasteiger partial charge in [-0.05, 0) is 62.3 Å². The van der Waals surface area contributed by atoms with Crippen LogP contribution in [0.1, 0.15) is 68.9 Å². The molecule has 0 aromatic heterocycles. The Kier molecular flexibility index (Phi) is 10.9. The molecule has 1 unspecified atom stereocenters. The Morgan fingerprint density at radius 3 is 2.08 bits per heavy atom. The van der Waals surface area contributed by atoms with Crippen LogP contribution in [0.5, 0.6) is 0 Å². The predicted octanol–water partition coefficient (Wildman–Crippen LogP) is 2.14. The molecule has 10 nitrogen and oxygen atoms in total. The molecule has 2 fully saturated rings. The van der Waals surface area contributed by atoms with Crippen LogP contribution in [0.25, 0.3) is 0 Å². The van der Waals surface area contributed by atoms with Gasteiger partial charge in [-0.25, -0.2) is 0 Å². The third-order valence-electron chi connectivity index (χ3n) is 8.31. The highest BCUT2D eigenvalue weighted by molar-refractivity contribution is 6.02. The van der Waals surface area contributed by atoms with Crippen LogP contribution < -0.4 is 22.1 Å². The van der Waals surface area contributed by atoms with Crippen molar-refractivity contribution in [3.05, 3.63) is 35.4 Å². The van der Waals surface area contributed by atoms with Crippen LogP contribution in [0.3, 0.4) is 0 Å². The Balaban J connectivity index is 1.70. The number of carbonyl (C=O) groups excluding carboxylic acids is 3. The van der Waals surface area contributed by atoms with E-state index >= 15 is 0 Å². The van der Waals surface area contributed by atoms with Crippen molar-refractivity contribution in [1.29, 1.82) is 10.8 Å². The number of nitrogens with two attached hydrogens (primary N) is 2. The minimum atomic E-state index is -0.982. The van der Waals surface area contributed by atoms with Gasteiger partial charge in [0.25, 0.3) is 0 Å². The summed E-state index contributed by atoms with van der Waals surface area (Å²) in [5.74, 6) is -1.26. The molecule has 214 valence electrons. The van der Waals surface area contributed by atoms with Crippen molar-refractivity contribution in [3.8, 4) is 0 Å². The standard InChI is InChI=1S/C29H45N7O3/c1-36(2)29(39)23(16-18-8-12-21(13-9-18)25(30)31)27(37)35-24(20-6-4-3-5-7-20)28(38)34-17-19-10-14-22(15-11-19)26(32)33/h8-9,12-13,19-20,22-24H,3-7,10-11,14-17H2,1-2H3,(H3,30,31)(H3,32,33)(H,34,38)(H,35,37)/t19?,22?,23?,24-/m0/s1. The summed E-state index contributed by atoms with van der Waals surface area (Å²) in [4.78, 5) is 41.6. The number of nitrogen functional groups attached to an aromatic ring is 1. The van der Waals surface area contributed by atoms with E-state index in [2.05, 4.69) is 10.6 Å². The van der Waals surface area contributed by atoms with Crippen molar-refractivity contribution < 1.29 is 14.4 Å². The zero-order valence-electron chi connectivity index (χ0n) is 23.3. The van der Waals surface area contributed by atoms with Gasteiger partial charge in [0.05, 0.1) is 5.84 Å². The van der Waals surface area contributed by atoms with Crippen molar-refractivity contribution in [2.45, 2.75) is 70.3 Å². The molecule has 1 aromatic carbocycles. The van der Waals surface area contributed by atoms with E-state index in [1.165, 1.54) is 4.90 Å². The maximum atomic E-state index is 13.6. The maximum Gasteiger partial charge on any atom is 0.242 e. The van der Waals surface area contributed by atoms with Crippen LogP contribution >= 0.6 is 0 Å². The van der Waals surface area contributed by atoms with Gasteiger partial charge in [-0.3, -0.25) is 25.2 Å². The van der Waals surface area contributed by atoms with Gasteiger partial charge in [0.1, 0.15) is 17.8 Å². The van der Waals surface area contributed by atoms with Crippen LogP contribution in [0, 0.1) is 34.5 Å². The second kappa shape index (κ2) is 14.1. The molecule has 0 heterocycles. The van der Waals surface area contributed by atoms with E-state index < -0.39 is 17.9 Å². The first-order valence-corrected chi connectivity index (χ1v) is 14.1. The van der Waals surface area contributed by atoms with Crippen molar-refractivity contribution in [3.63, 3.8) is 0 Å². The van der Waals surface area contributed by atoms with E-state index in [9.17, 15) is 14.4 Å². The molecule has 0 spiro atoms. The number of benzene rings is 1. The SMILES string of the molecule is CN(C)C(=O)C(Cc1ccc(C(=N)N)cc1)C(=O)N[C@H](C(=O)NCC1CCC(C(=N)N)CC1)C1CCCCC1. The summed E-state index contributed by atoms with van der Waals surface area (Å²) in [6.07, 6.45) is 8.60. The Labute approximate surface area is 231 Å². The third-order valence-corrected chi connectivity index (χ3v) is 8.31. The average molecular weight is 540 g/mol. The van der Waals surface area contributed by atoms with Crippen molar-refractivity contribution in [2.75, 3.05) is 20.6 Å². The molecular weight excluding hydrogens is 494 g/mol. The molecule has 0 saturated heterocycles. The van der Waals surface area contributed by atoms with Crippen molar-refractivity contribution in [2.24, 2.45) is 35.1 Å². The molecule has 0 radical (unpaired) electrons. The van der Waals surface area contributed by atoms with E-state index in [0.717, 1.165) is 63.4 Å².